The zero-order valence-corrected chi connectivity index (χ0v) is 17.6. The van der Waals surface area contributed by atoms with Crippen LogP contribution >= 0.6 is 7.14 Å². The van der Waals surface area contributed by atoms with E-state index < -0.39 is 18.9 Å². The predicted octanol–water partition coefficient (Wildman–Crippen LogP) is 4.06. The summed E-state index contributed by atoms with van der Waals surface area (Å²) in [5.74, 6) is 0.161. The van der Waals surface area contributed by atoms with Crippen molar-refractivity contribution in [3.8, 4) is 11.3 Å². The summed E-state index contributed by atoms with van der Waals surface area (Å²) in [6.07, 6.45) is -0.413. The Bertz CT molecular complexity index is 1120. The highest BCUT2D eigenvalue weighted by Crippen LogP contribution is 2.41. The van der Waals surface area contributed by atoms with Gasteiger partial charge in [-0.1, -0.05) is 12.1 Å². The third-order valence-corrected chi connectivity index (χ3v) is 6.79. The average molecular weight is 437 g/mol. The first-order chi connectivity index (χ1) is 14.1. The van der Waals surface area contributed by atoms with Crippen molar-refractivity contribution in [3.05, 3.63) is 36.2 Å². The molecule has 1 aromatic carbocycles. The number of anilines is 1. The molecular weight excluding hydrogens is 414 g/mol. The fourth-order valence-corrected chi connectivity index (χ4v) is 4.97. The van der Waals surface area contributed by atoms with E-state index in [0.29, 0.717) is 28.3 Å². The first-order valence-corrected chi connectivity index (χ1v) is 12.3. The molecular formula is C20H23F3N5OP. The van der Waals surface area contributed by atoms with Gasteiger partial charge in [0, 0.05) is 41.2 Å². The number of benzene rings is 1. The van der Waals surface area contributed by atoms with Gasteiger partial charge in [0.2, 0.25) is 5.95 Å². The Hall–Kier alpha value is -2.38. The number of nitrogens with one attached hydrogen (secondary N) is 3. The van der Waals surface area contributed by atoms with Gasteiger partial charge in [0.05, 0.1) is 11.2 Å². The zero-order valence-electron chi connectivity index (χ0n) is 16.7. The number of nitrogens with zero attached hydrogens (tertiary/aromatic N) is 2. The molecule has 1 aliphatic heterocycles. The third-order valence-electron chi connectivity index (χ3n) is 5.25. The van der Waals surface area contributed by atoms with Crippen LogP contribution in [0.2, 0.25) is 0 Å². The lowest BCUT2D eigenvalue weighted by atomic mass is 10.1. The van der Waals surface area contributed by atoms with Crippen LogP contribution in [-0.2, 0) is 10.7 Å². The zero-order chi connectivity index (χ0) is 21.5. The molecule has 3 aromatic rings. The largest absolute Gasteiger partial charge is 0.419 e. The summed E-state index contributed by atoms with van der Waals surface area (Å²) in [6.45, 7) is 4.90. The van der Waals surface area contributed by atoms with Gasteiger partial charge in [0.15, 0.2) is 0 Å². The molecule has 0 aliphatic carbocycles. The molecule has 1 fully saturated rings. The summed E-state index contributed by atoms with van der Waals surface area (Å²) in [5, 5.41) is 7.53. The lowest BCUT2D eigenvalue weighted by Gasteiger charge is -2.24. The molecule has 0 radical (unpaired) electrons. The summed E-state index contributed by atoms with van der Waals surface area (Å²) in [4.78, 5) is 11.2. The summed E-state index contributed by atoms with van der Waals surface area (Å²) < 4.78 is 53.8. The van der Waals surface area contributed by atoms with Crippen LogP contribution in [0.3, 0.4) is 0 Å². The topological polar surface area (TPSA) is 82.7 Å². The highest BCUT2D eigenvalue weighted by atomic mass is 31.2. The predicted molar refractivity (Wildman–Crippen MR) is 113 cm³/mol. The number of hydrogen-bond donors (Lipinski definition) is 3. The maximum absolute atomic E-state index is 13.7. The Kier molecular flexibility index (Phi) is 5.36. The van der Waals surface area contributed by atoms with E-state index in [-0.39, 0.29) is 17.7 Å². The maximum Gasteiger partial charge on any atom is 0.419 e. The SMILES string of the molecule is CP(C)(=O)c1cccc2c(-c3nc(N[C@@H]4CCCNC4)ncc3C(F)(F)F)c[nH]c12. The molecule has 1 aliphatic rings. The number of hydrogen-bond acceptors (Lipinski definition) is 5. The molecule has 0 saturated carbocycles. The standard InChI is InChI=1S/C20H23F3N5OP/c1-30(2,29)16-7-3-6-13-14(10-25-18(13)16)17-15(20(21,22)23)11-26-19(28-17)27-12-5-4-8-24-9-12/h3,6-7,10-12,24-25H,4-5,8-9H2,1-2H3,(H,26,27,28)/t12-/m1/s1. The quantitative estimate of drug-likeness (QED) is 0.537. The third kappa shape index (κ3) is 4.09. The van der Waals surface area contributed by atoms with E-state index in [2.05, 4.69) is 25.6 Å². The Labute approximate surface area is 172 Å². The number of aromatic amines is 1. The highest BCUT2D eigenvalue weighted by molar-refractivity contribution is 7.70. The minimum absolute atomic E-state index is 0.0592. The Morgan fingerprint density at radius 3 is 2.73 bits per heavy atom. The molecule has 0 spiro atoms. The van der Waals surface area contributed by atoms with Crippen LogP contribution in [0.4, 0.5) is 19.1 Å². The van der Waals surface area contributed by atoms with Crippen LogP contribution in [0, 0.1) is 0 Å². The molecule has 3 N–H and O–H groups in total. The number of alkyl halides is 3. The molecule has 1 saturated heterocycles. The summed E-state index contributed by atoms with van der Waals surface area (Å²) in [5.41, 5.74) is -0.232. The van der Waals surface area contributed by atoms with Crippen molar-refractivity contribution in [1.82, 2.24) is 20.3 Å². The lowest BCUT2D eigenvalue weighted by molar-refractivity contribution is -0.137. The smallest absolute Gasteiger partial charge is 0.360 e. The number of rotatable bonds is 4. The Morgan fingerprint density at radius 2 is 2.07 bits per heavy atom. The van der Waals surface area contributed by atoms with Gasteiger partial charge in [-0.05, 0) is 38.8 Å². The molecule has 0 bridgehead atoms. The van der Waals surface area contributed by atoms with Crippen LogP contribution in [0.25, 0.3) is 22.2 Å². The van der Waals surface area contributed by atoms with Gasteiger partial charge in [-0.3, -0.25) is 0 Å². The minimum atomic E-state index is -4.60. The normalized spacial score (nSPS) is 18.0. The van der Waals surface area contributed by atoms with Crippen molar-refractivity contribution in [2.24, 2.45) is 0 Å². The molecule has 30 heavy (non-hydrogen) atoms. The number of aromatic nitrogens is 3. The molecule has 3 heterocycles. The monoisotopic (exact) mass is 437 g/mol. The van der Waals surface area contributed by atoms with Crippen LogP contribution in [0.1, 0.15) is 18.4 Å². The number of fused-ring (bicyclic) bond motifs is 1. The van der Waals surface area contributed by atoms with Gasteiger partial charge in [0.25, 0.3) is 0 Å². The van der Waals surface area contributed by atoms with Gasteiger partial charge in [0.1, 0.15) is 12.7 Å². The van der Waals surface area contributed by atoms with Crippen molar-refractivity contribution in [2.45, 2.75) is 25.1 Å². The lowest BCUT2D eigenvalue weighted by Crippen LogP contribution is -2.38. The summed E-state index contributed by atoms with van der Waals surface area (Å²) in [7, 11) is -2.63. The van der Waals surface area contributed by atoms with Crippen LogP contribution in [0.5, 0.6) is 0 Å². The minimum Gasteiger partial charge on any atom is -0.360 e. The van der Waals surface area contributed by atoms with Gasteiger partial charge in [-0.25, -0.2) is 9.97 Å². The highest BCUT2D eigenvalue weighted by Gasteiger charge is 2.36. The number of halogens is 3. The first kappa shape index (κ1) is 20.9. The fourth-order valence-electron chi connectivity index (χ4n) is 3.80. The number of para-hydroxylation sites is 1. The molecule has 10 heteroatoms. The van der Waals surface area contributed by atoms with Gasteiger partial charge in [-0.15, -0.1) is 0 Å². The van der Waals surface area contributed by atoms with Crippen molar-refractivity contribution >= 4 is 29.3 Å². The molecule has 1 atom stereocenters. The van der Waals surface area contributed by atoms with Crippen LogP contribution < -0.4 is 15.9 Å². The Balaban J connectivity index is 1.84. The second-order valence-electron chi connectivity index (χ2n) is 7.89. The Morgan fingerprint density at radius 1 is 1.27 bits per heavy atom. The van der Waals surface area contributed by atoms with E-state index >= 15 is 0 Å². The van der Waals surface area contributed by atoms with Gasteiger partial charge in [-0.2, -0.15) is 13.2 Å². The molecule has 0 unspecified atom stereocenters. The van der Waals surface area contributed by atoms with Crippen LogP contribution in [0.15, 0.2) is 30.6 Å². The van der Waals surface area contributed by atoms with E-state index in [1.807, 2.05) is 0 Å². The molecule has 160 valence electrons. The summed E-state index contributed by atoms with van der Waals surface area (Å²) in [6, 6.07) is 5.21. The second-order valence-corrected chi connectivity index (χ2v) is 11.1. The van der Waals surface area contributed by atoms with E-state index in [0.717, 1.165) is 25.6 Å². The van der Waals surface area contributed by atoms with E-state index in [1.165, 1.54) is 6.20 Å². The average Bonchev–Trinajstić information content (AvgIpc) is 3.11. The second kappa shape index (κ2) is 7.71. The van der Waals surface area contributed by atoms with Crippen molar-refractivity contribution in [3.63, 3.8) is 0 Å². The van der Waals surface area contributed by atoms with Crippen molar-refractivity contribution in [2.75, 3.05) is 31.7 Å². The van der Waals surface area contributed by atoms with Crippen molar-refractivity contribution in [1.29, 1.82) is 0 Å². The van der Waals surface area contributed by atoms with Gasteiger partial charge >= 0.3 is 6.18 Å². The molecule has 0 amide bonds. The molecule has 6 nitrogen and oxygen atoms in total. The number of piperidine rings is 1. The first-order valence-electron chi connectivity index (χ1n) is 9.72. The number of H-pyrrole nitrogens is 1. The maximum atomic E-state index is 13.7. The molecule has 4 rings (SSSR count). The summed E-state index contributed by atoms with van der Waals surface area (Å²) >= 11 is 0. The fraction of sp³-hybridized carbons (Fsp3) is 0.400. The van der Waals surface area contributed by atoms with E-state index in [1.54, 1.807) is 31.5 Å². The van der Waals surface area contributed by atoms with Crippen molar-refractivity contribution < 1.29 is 17.7 Å². The van der Waals surface area contributed by atoms with Crippen LogP contribution in [-0.4, -0.2) is 47.4 Å². The molecule has 2 aromatic heterocycles. The van der Waals surface area contributed by atoms with E-state index in [9.17, 15) is 17.7 Å². The van der Waals surface area contributed by atoms with E-state index in [4.69, 9.17) is 0 Å². The van der Waals surface area contributed by atoms with Gasteiger partial charge < -0.3 is 20.2 Å².